The van der Waals surface area contributed by atoms with Gasteiger partial charge in [-0.25, -0.2) is 10.4 Å². The second-order valence-electron chi connectivity index (χ2n) is 6.30. The highest BCUT2D eigenvalue weighted by Gasteiger charge is 2.09. The Balaban J connectivity index is 1.46. The summed E-state index contributed by atoms with van der Waals surface area (Å²) in [5.41, 5.74) is 5.42. The number of unbranched alkanes of at least 4 members (excludes halogenated alkanes) is 1. The van der Waals surface area contributed by atoms with E-state index >= 15 is 0 Å². The largest absolute Gasteiger partial charge is 0.494 e. The van der Waals surface area contributed by atoms with E-state index in [-0.39, 0.29) is 11.7 Å². The zero-order chi connectivity index (χ0) is 19.8. The molecule has 6 nitrogen and oxygen atoms in total. The van der Waals surface area contributed by atoms with Crippen molar-refractivity contribution in [1.29, 1.82) is 0 Å². The van der Waals surface area contributed by atoms with E-state index in [1.54, 1.807) is 6.21 Å². The maximum absolute atomic E-state index is 12.0. The number of hydrogen-bond acceptors (Lipinski definition) is 5. The first kappa shape index (κ1) is 19.9. The Morgan fingerprint density at radius 2 is 2.04 bits per heavy atom. The number of nitrogens with one attached hydrogen (secondary N) is 1. The van der Waals surface area contributed by atoms with Crippen LogP contribution in [0.4, 0.5) is 0 Å². The van der Waals surface area contributed by atoms with Gasteiger partial charge in [-0.2, -0.15) is 5.10 Å². The fraction of sp³-hybridized carbons (Fsp3) is 0.286. The number of nitrogens with zero attached hydrogens (tertiary/aromatic N) is 3. The van der Waals surface area contributed by atoms with Crippen molar-refractivity contribution in [2.24, 2.45) is 12.1 Å². The van der Waals surface area contributed by atoms with Gasteiger partial charge >= 0.3 is 0 Å². The molecule has 0 saturated heterocycles. The SMILES string of the molecule is CCCCOc1ccc(/C=N\NC(=O)CSc2nc3ccccc3n2C)cc1. The monoisotopic (exact) mass is 396 g/mol. The fourth-order valence-corrected chi connectivity index (χ4v) is 3.36. The first-order valence-electron chi connectivity index (χ1n) is 9.26. The molecule has 7 heteroatoms. The van der Waals surface area contributed by atoms with Crippen molar-refractivity contribution in [2.75, 3.05) is 12.4 Å². The van der Waals surface area contributed by atoms with Gasteiger partial charge in [0.15, 0.2) is 5.16 Å². The van der Waals surface area contributed by atoms with Gasteiger partial charge in [-0.1, -0.05) is 37.2 Å². The number of aryl methyl sites for hydroxylation is 1. The van der Waals surface area contributed by atoms with E-state index < -0.39 is 0 Å². The van der Waals surface area contributed by atoms with Crippen LogP contribution < -0.4 is 10.2 Å². The van der Waals surface area contributed by atoms with Crippen LogP contribution in [0.25, 0.3) is 11.0 Å². The van der Waals surface area contributed by atoms with Crippen LogP contribution in [0, 0.1) is 0 Å². The van der Waals surface area contributed by atoms with Gasteiger partial charge in [0.2, 0.25) is 0 Å². The van der Waals surface area contributed by atoms with Crippen molar-refractivity contribution in [1.82, 2.24) is 15.0 Å². The molecular weight excluding hydrogens is 372 g/mol. The summed E-state index contributed by atoms with van der Waals surface area (Å²) in [6.07, 6.45) is 3.77. The van der Waals surface area contributed by atoms with Crippen molar-refractivity contribution in [3.63, 3.8) is 0 Å². The van der Waals surface area contributed by atoms with Crippen LogP contribution in [0.3, 0.4) is 0 Å². The number of aromatic nitrogens is 2. The van der Waals surface area contributed by atoms with Crippen molar-refractivity contribution >= 4 is 34.9 Å². The maximum atomic E-state index is 12.0. The van der Waals surface area contributed by atoms with Gasteiger partial charge in [-0.05, 0) is 48.4 Å². The maximum Gasteiger partial charge on any atom is 0.250 e. The molecule has 0 atom stereocenters. The highest BCUT2D eigenvalue weighted by atomic mass is 32.2. The summed E-state index contributed by atoms with van der Waals surface area (Å²) in [5, 5.41) is 4.82. The minimum absolute atomic E-state index is 0.173. The number of ether oxygens (including phenoxy) is 1. The summed E-state index contributed by atoms with van der Waals surface area (Å²) < 4.78 is 7.61. The Morgan fingerprint density at radius 3 is 2.79 bits per heavy atom. The summed E-state index contributed by atoms with van der Waals surface area (Å²) in [7, 11) is 1.95. The number of hydrogen-bond donors (Lipinski definition) is 1. The van der Waals surface area contributed by atoms with E-state index in [1.165, 1.54) is 11.8 Å². The van der Waals surface area contributed by atoms with Crippen molar-refractivity contribution < 1.29 is 9.53 Å². The van der Waals surface area contributed by atoms with Gasteiger partial charge in [0.1, 0.15) is 5.75 Å². The van der Waals surface area contributed by atoms with E-state index in [4.69, 9.17) is 4.74 Å². The smallest absolute Gasteiger partial charge is 0.250 e. The third-order valence-electron chi connectivity index (χ3n) is 4.13. The van der Waals surface area contributed by atoms with Gasteiger partial charge < -0.3 is 9.30 Å². The zero-order valence-electron chi connectivity index (χ0n) is 16.1. The topological polar surface area (TPSA) is 68.5 Å². The Bertz CT molecular complexity index is 951. The number of amides is 1. The Morgan fingerprint density at radius 1 is 1.25 bits per heavy atom. The molecule has 28 heavy (non-hydrogen) atoms. The van der Waals surface area contributed by atoms with Crippen LogP contribution in [-0.2, 0) is 11.8 Å². The third kappa shape index (κ3) is 5.36. The predicted molar refractivity (Wildman–Crippen MR) is 114 cm³/mol. The van der Waals surface area contributed by atoms with Crippen molar-refractivity contribution in [3.05, 3.63) is 54.1 Å². The first-order valence-corrected chi connectivity index (χ1v) is 10.2. The highest BCUT2D eigenvalue weighted by molar-refractivity contribution is 7.99. The molecule has 0 radical (unpaired) electrons. The van der Waals surface area contributed by atoms with Crippen LogP contribution >= 0.6 is 11.8 Å². The third-order valence-corrected chi connectivity index (χ3v) is 5.16. The lowest BCUT2D eigenvalue weighted by Gasteiger charge is -2.05. The lowest BCUT2D eigenvalue weighted by molar-refractivity contribution is -0.118. The molecule has 1 heterocycles. The average Bonchev–Trinajstić information content (AvgIpc) is 3.04. The Hall–Kier alpha value is -2.80. The lowest BCUT2D eigenvalue weighted by atomic mass is 10.2. The second-order valence-corrected chi connectivity index (χ2v) is 7.24. The average molecular weight is 397 g/mol. The van der Waals surface area contributed by atoms with Crippen LogP contribution in [0.5, 0.6) is 5.75 Å². The van der Waals surface area contributed by atoms with Crippen LogP contribution in [0.15, 0.2) is 58.8 Å². The predicted octanol–water partition coefficient (Wildman–Crippen LogP) is 3.99. The molecule has 0 aliphatic rings. The number of carbonyl (C=O) groups excluding carboxylic acids is 1. The van der Waals surface area contributed by atoms with E-state index in [2.05, 4.69) is 22.4 Å². The van der Waals surface area contributed by atoms with Gasteiger partial charge in [0, 0.05) is 7.05 Å². The van der Waals surface area contributed by atoms with Gasteiger partial charge in [0.25, 0.3) is 5.91 Å². The molecule has 0 saturated carbocycles. The Kier molecular flexibility index (Phi) is 7.08. The zero-order valence-corrected chi connectivity index (χ0v) is 16.9. The van der Waals surface area contributed by atoms with E-state index in [0.717, 1.165) is 47.0 Å². The molecule has 1 aromatic heterocycles. The van der Waals surface area contributed by atoms with Crippen molar-refractivity contribution in [2.45, 2.75) is 24.9 Å². The first-order chi connectivity index (χ1) is 13.7. The normalized spacial score (nSPS) is 11.2. The molecule has 0 fully saturated rings. The molecule has 3 rings (SSSR count). The quantitative estimate of drug-likeness (QED) is 0.257. The van der Waals surface area contributed by atoms with Gasteiger partial charge in [-0.3, -0.25) is 4.79 Å². The minimum atomic E-state index is -0.173. The molecule has 0 spiro atoms. The van der Waals surface area contributed by atoms with E-state index in [0.29, 0.717) is 0 Å². The molecule has 146 valence electrons. The molecule has 0 unspecified atom stereocenters. The van der Waals surface area contributed by atoms with Crippen LogP contribution in [0.1, 0.15) is 25.3 Å². The molecule has 0 aliphatic carbocycles. The molecule has 1 amide bonds. The summed E-state index contributed by atoms with van der Waals surface area (Å²) in [6.45, 7) is 2.86. The second kappa shape index (κ2) is 9.94. The van der Waals surface area contributed by atoms with Gasteiger partial charge in [0.05, 0.1) is 29.6 Å². The number of rotatable bonds is 9. The molecule has 0 aliphatic heterocycles. The molecule has 0 bridgehead atoms. The minimum Gasteiger partial charge on any atom is -0.494 e. The molecular formula is C21H24N4O2S. The highest BCUT2D eigenvalue weighted by Crippen LogP contribution is 2.22. The number of fused-ring (bicyclic) bond motifs is 1. The number of para-hydroxylation sites is 2. The summed E-state index contributed by atoms with van der Waals surface area (Å²) in [4.78, 5) is 16.6. The standard InChI is InChI=1S/C21H24N4O2S/c1-3-4-13-27-17-11-9-16(10-12-17)14-22-24-20(26)15-28-21-23-18-7-5-6-8-19(18)25(21)2/h5-12,14H,3-4,13,15H2,1-2H3,(H,24,26)/b22-14-. The number of carbonyl (C=O) groups is 1. The summed E-state index contributed by atoms with van der Waals surface area (Å²) >= 11 is 1.39. The molecule has 1 N–H and O–H groups in total. The van der Waals surface area contributed by atoms with Crippen molar-refractivity contribution in [3.8, 4) is 5.75 Å². The number of hydrazone groups is 1. The van der Waals surface area contributed by atoms with E-state index in [1.807, 2.05) is 60.1 Å². The fourth-order valence-electron chi connectivity index (χ4n) is 2.58. The number of benzene rings is 2. The van der Waals surface area contributed by atoms with E-state index in [9.17, 15) is 4.79 Å². The van der Waals surface area contributed by atoms with Gasteiger partial charge in [-0.15, -0.1) is 0 Å². The number of imidazole rings is 1. The summed E-state index contributed by atoms with van der Waals surface area (Å²) in [5.74, 6) is 0.917. The van der Waals surface area contributed by atoms with Crippen LogP contribution in [-0.4, -0.2) is 34.0 Å². The lowest BCUT2D eigenvalue weighted by Crippen LogP contribution is -2.19. The molecule has 3 aromatic rings. The Labute approximate surface area is 169 Å². The molecule has 2 aromatic carbocycles. The number of thioether (sulfide) groups is 1. The summed E-state index contributed by atoms with van der Waals surface area (Å²) in [6, 6.07) is 15.5. The van der Waals surface area contributed by atoms with Crippen LogP contribution in [0.2, 0.25) is 0 Å².